The molecular weight excluding hydrogens is 407 g/mol. The highest BCUT2D eigenvalue weighted by atomic mass is 32.2. The van der Waals surface area contributed by atoms with Crippen LogP contribution in [0.15, 0.2) is 65.8 Å². The van der Waals surface area contributed by atoms with Crippen LogP contribution >= 0.6 is 0 Å². The first-order valence-electron chi connectivity index (χ1n) is 9.34. The van der Waals surface area contributed by atoms with Crippen LogP contribution in [-0.4, -0.2) is 24.3 Å². The Morgan fingerprint density at radius 1 is 1.03 bits per heavy atom. The number of nitrogens with zero attached hydrogens (tertiary/aromatic N) is 2. The van der Waals surface area contributed by atoms with Crippen LogP contribution in [0, 0.1) is 5.82 Å². The Hall–Kier alpha value is -3.17. The van der Waals surface area contributed by atoms with Crippen molar-refractivity contribution < 1.29 is 17.6 Å². The van der Waals surface area contributed by atoms with Crippen LogP contribution in [-0.2, 0) is 21.4 Å². The second-order valence-corrected chi connectivity index (χ2v) is 8.32. The highest BCUT2D eigenvalue weighted by Crippen LogP contribution is 2.18. The largest absolute Gasteiger partial charge is 0.326 e. The molecule has 0 aliphatic carbocycles. The number of sulfonamides is 1. The molecule has 0 aliphatic rings. The summed E-state index contributed by atoms with van der Waals surface area (Å²) in [4.78, 5) is 19.9. The molecule has 0 aliphatic heterocycles. The maximum absolute atomic E-state index is 13.1. The molecule has 3 rings (SSSR count). The van der Waals surface area contributed by atoms with Gasteiger partial charge in [0, 0.05) is 17.7 Å². The number of hydrogen-bond donors (Lipinski definition) is 2. The molecule has 0 unspecified atom stereocenters. The van der Waals surface area contributed by atoms with Crippen LogP contribution in [0.4, 0.5) is 10.1 Å². The maximum Gasteiger partial charge on any atom is 0.240 e. The number of amides is 1. The van der Waals surface area contributed by atoms with Gasteiger partial charge >= 0.3 is 0 Å². The summed E-state index contributed by atoms with van der Waals surface area (Å²) in [6.45, 7) is 1.87. The van der Waals surface area contributed by atoms with Crippen molar-refractivity contribution in [2.75, 3.05) is 5.32 Å². The lowest BCUT2D eigenvalue weighted by atomic mass is 10.1. The summed E-state index contributed by atoms with van der Waals surface area (Å²) in [6, 6.07) is 13.4. The van der Waals surface area contributed by atoms with Crippen LogP contribution in [0.2, 0.25) is 0 Å². The van der Waals surface area contributed by atoms with Gasteiger partial charge in [-0.05, 0) is 61.0 Å². The van der Waals surface area contributed by atoms with E-state index < -0.39 is 10.0 Å². The third-order valence-corrected chi connectivity index (χ3v) is 5.65. The van der Waals surface area contributed by atoms with Gasteiger partial charge in [0.25, 0.3) is 0 Å². The van der Waals surface area contributed by atoms with Crippen LogP contribution in [0.5, 0.6) is 0 Å². The fraction of sp³-hybridized carbons (Fsp3) is 0.190. The summed E-state index contributed by atoms with van der Waals surface area (Å²) in [6.07, 6.45) is 2.46. The summed E-state index contributed by atoms with van der Waals surface area (Å²) in [7, 11) is -3.77. The molecule has 0 saturated heterocycles. The Labute approximate surface area is 174 Å². The molecule has 0 spiro atoms. The van der Waals surface area contributed by atoms with Gasteiger partial charge < -0.3 is 5.32 Å². The molecule has 2 aromatic carbocycles. The summed E-state index contributed by atoms with van der Waals surface area (Å²) in [5.41, 5.74) is 2.26. The highest BCUT2D eigenvalue weighted by molar-refractivity contribution is 7.89. The molecule has 2 N–H and O–H groups in total. The average molecular weight is 428 g/mol. The molecule has 3 aromatic rings. The van der Waals surface area contributed by atoms with Crippen molar-refractivity contribution in [3.63, 3.8) is 0 Å². The molecule has 1 aromatic heterocycles. The highest BCUT2D eigenvalue weighted by Gasteiger charge is 2.14. The van der Waals surface area contributed by atoms with Crippen molar-refractivity contribution in [2.45, 2.75) is 31.2 Å². The molecule has 156 valence electrons. The average Bonchev–Trinajstić information content (AvgIpc) is 2.74. The molecule has 0 bridgehead atoms. The van der Waals surface area contributed by atoms with Crippen molar-refractivity contribution in [1.29, 1.82) is 0 Å². The quantitative estimate of drug-likeness (QED) is 0.572. The molecule has 1 amide bonds. The second kappa shape index (κ2) is 9.55. The van der Waals surface area contributed by atoms with E-state index >= 15 is 0 Å². The predicted molar refractivity (Wildman–Crippen MR) is 111 cm³/mol. The van der Waals surface area contributed by atoms with E-state index in [1.54, 1.807) is 30.3 Å². The minimum atomic E-state index is -3.77. The molecule has 0 radical (unpaired) electrons. The Balaban J connectivity index is 1.67. The van der Waals surface area contributed by atoms with E-state index in [-0.39, 0.29) is 23.2 Å². The van der Waals surface area contributed by atoms with Crippen LogP contribution in [0.3, 0.4) is 0 Å². The Morgan fingerprint density at radius 2 is 1.73 bits per heavy atom. The first kappa shape index (κ1) is 21.5. The van der Waals surface area contributed by atoms with E-state index in [1.165, 1.54) is 30.6 Å². The van der Waals surface area contributed by atoms with Gasteiger partial charge in [-0.1, -0.05) is 6.92 Å². The lowest BCUT2D eigenvalue weighted by molar-refractivity contribution is -0.116. The molecule has 30 heavy (non-hydrogen) atoms. The SMILES string of the molecule is CCCC(=O)Nc1ccc(S(=O)(=O)NCc2cc(-c3ccc(F)cc3)ncn2)cc1. The third kappa shape index (κ3) is 5.68. The molecule has 7 nitrogen and oxygen atoms in total. The Morgan fingerprint density at radius 3 is 2.40 bits per heavy atom. The number of carbonyl (C=O) groups is 1. The third-order valence-electron chi connectivity index (χ3n) is 4.23. The van der Waals surface area contributed by atoms with E-state index in [4.69, 9.17) is 0 Å². The summed E-state index contributed by atoms with van der Waals surface area (Å²) >= 11 is 0. The lowest BCUT2D eigenvalue weighted by Crippen LogP contribution is -2.23. The monoisotopic (exact) mass is 428 g/mol. The van der Waals surface area contributed by atoms with Gasteiger partial charge in [0.15, 0.2) is 0 Å². The van der Waals surface area contributed by atoms with E-state index in [0.717, 1.165) is 6.42 Å². The maximum atomic E-state index is 13.1. The number of hydrogen-bond acceptors (Lipinski definition) is 5. The van der Waals surface area contributed by atoms with E-state index in [1.807, 2.05) is 6.92 Å². The van der Waals surface area contributed by atoms with Crippen LogP contribution in [0.1, 0.15) is 25.5 Å². The standard InChI is InChI=1S/C21H21FN4O3S/c1-2-3-21(27)26-17-8-10-19(11-9-17)30(28,29)25-13-18-12-20(24-14-23-18)15-4-6-16(22)7-5-15/h4-12,14,25H,2-3,13H2,1H3,(H,26,27). The molecular formula is C21H21FN4O3S. The van der Waals surface area contributed by atoms with E-state index in [9.17, 15) is 17.6 Å². The first-order valence-corrected chi connectivity index (χ1v) is 10.8. The number of carbonyl (C=O) groups excluding carboxylic acids is 1. The number of aromatic nitrogens is 2. The van der Waals surface area contributed by atoms with Crippen LogP contribution in [0.25, 0.3) is 11.3 Å². The Kier molecular flexibility index (Phi) is 6.86. The first-order chi connectivity index (χ1) is 14.4. The number of nitrogens with one attached hydrogen (secondary N) is 2. The van der Waals surface area contributed by atoms with Gasteiger partial charge in [-0.25, -0.2) is 27.5 Å². The minimum Gasteiger partial charge on any atom is -0.326 e. The molecule has 0 atom stereocenters. The van der Waals surface area contributed by atoms with E-state index in [0.29, 0.717) is 29.1 Å². The Bertz CT molecular complexity index is 1120. The number of benzene rings is 2. The van der Waals surface area contributed by atoms with Gasteiger partial charge in [0.2, 0.25) is 15.9 Å². The van der Waals surface area contributed by atoms with Crippen molar-refractivity contribution in [3.8, 4) is 11.3 Å². The normalized spacial score (nSPS) is 11.3. The van der Waals surface area contributed by atoms with Crippen molar-refractivity contribution in [3.05, 3.63) is 72.4 Å². The molecule has 0 fully saturated rings. The second-order valence-electron chi connectivity index (χ2n) is 6.55. The summed E-state index contributed by atoms with van der Waals surface area (Å²) in [5.74, 6) is -0.469. The van der Waals surface area contributed by atoms with Gasteiger partial charge in [0.05, 0.1) is 22.8 Å². The van der Waals surface area contributed by atoms with E-state index in [2.05, 4.69) is 20.0 Å². The smallest absolute Gasteiger partial charge is 0.240 e. The van der Waals surface area contributed by atoms with Gasteiger partial charge in [-0.2, -0.15) is 0 Å². The fourth-order valence-electron chi connectivity index (χ4n) is 2.69. The zero-order valence-corrected chi connectivity index (χ0v) is 17.1. The van der Waals surface area contributed by atoms with Crippen molar-refractivity contribution in [2.24, 2.45) is 0 Å². The summed E-state index contributed by atoms with van der Waals surface area (Å²) in [5, 5.41) is 2.71. The summed E-state index contributed by atoms with van der Waals surface area (Å²) < 4.78 is 40.7. The number of anilines is 1. The zero-order chi connectivity index (χ0) is 21.6. The van der Waals surface area contributed by atoms with Gasteiger partial charge in [-0.3, -0.25) is 4.79 Å². The minimum absolute atomic E-state index is 0.0337. The zero-order valence-electron chi connectivity index (χ0n) is 16.3. The lowest BCUT2D eigenvalue weighted by Gasteiger charge is -2.09. The number of halogens is 1. The van der Waals surface area contributed by atoms with Gasteiger partial charge in [0.1, 0.15) is 12.1 Å². The topological polar surface area (TPSA) is 101 Å². The molecule has 0 saturated carbocycles. The molecule has 1 heterocycles. The van der Waals surface area contributed by atoms with Crippen LogP contribution < -0.4 is 10.0 Å². The van der Waals surface area contributed by atoms with Crippen molar-refractivity contribution >= 4 is 21.6 Å². The predicted octanol–water partition coefficient (Wildman–Crippen LogP) is 3.50. The number of rotatable bonds is 8. The fourth-order valence-corrected chi connectivity index (χ4v) is 3.69. The van der Waals surface area contributed by atoms with Crippen molar-refractivity contribution in [1.82, 2.24) is 14.7 Å². The van der Waals surface area contributed by atoms with Gasteiger partial charge in [-0.15, -0.1) is 0 Å². The molecule has 9 heteroatoms.